The van der Waals surface area contributed by atoms with Gasteiger partial charge in [-0.15, -0.1) is 5.11 Å². The molecule has 0 fully saturated rings. The smallest absolute Gasteiger partial charge is 0.150 e. The molecule has 0 aliphatic heterocycles. The van der Waals surface area contributed by atoms with Gasteiger partial charge in [-0.25, -0.2) is 4.39 Å². The Morgan fingerprint density at radius 3 is 2.81 bits per heavy atom. The quantitative estimate of drug-likeness (QED) is 0.761. The maximum Gasteiger partial charge on any atom is 0.150 e. The molecule has 16 heavy (non-hydrogen) atoms. The first kappa shape index (κ1) is 10.3. The second kappa shape index (κ2) is 4.09. The summed E-state index contributed by atoms with van der Waals surface area (Å²) in [5, 5.41) is 14.2. The zero-order valence-corrected chi connectivity index (χ0v) is 8.61. The van der Waals surface area contributed by atoms with E-state index < -0.39 is 0 Å². The van der Waals surface area contributed by atoms with Gasteiger partial charge in [-0.2, -0.15) is 10.2 Å². The van der Waals surface area contributed by atoms with Crippen LogP contribution in [-0.4, -0.2) is 10.2 Å². The summed E-state index contributed by atoms with van der Waals surface area (Å²) in [7, 11) is 0. The number of nitrogens with one attached hydrogen (secondary N) is 1. The van der Waals surface area contributed by atoms with Crippen molar-refractivity contribution in [2.24, 2.45) is 10.2 Å². The minimum Gasteiger partial charge on any atom is -0.382 e. The van der Waals surface area contributed by atoms with Crippen LogP contribution in [0.4, 0.5) is 21.6 Å². The molecule has 0 amide bonds. The van der Waals surface area contributed by atoms with Crippen molar-refractivity contribution in [3.8, 4) is 0 Å². The summed E-state index contributed by atoms with van der Waals surface area (Å²) in [6.45, 7) is 1.76. The number of aromatic nitrogens is 2. The number of anilines is 1. The highest BCUT2D eigenvalue weighted by molar-refractivity contribution is 5.59. The van der Waals surface area contributed by atoms with Gasteiger partial charge in [-0.3, -0.25) is 5.10 Å². The molecule has 0 radical (unpaired) electrons. The number of halogens is 1. The molecule has 0 spiro atoms. The maximum atomic E-state index is 12.8. The largest absolute Gasteiger partial charge is 0.382 e. The first-order valence-corrected chi connectivity index (χ1v) is 4.64. The van der Waals surface area contributed by atoms with Gasteiger partial charge in [-0.1, -0.05) is 6.07 Å². The zero-order chi connectivity index (χ0) is 11.5. The van der Waals surface area contributed by atoms with Gasteiger partial charge in [0.25, 0.3) is 0 Å². The summed E-state index contributed by atoms with van der Waals surface area (Å²) < 4.78 is 12.8. The van der Waals surface area contributed by atoms with Crippen molar-refractivity contribution in [2.75, 3.05) is 5.73 Å². The summed E-state index contributed by atoms with van der Waals surface area (Å²) in [4.78, 5) is 0. The van der Waals surface area contributed by atoms with Crippen LogP contribution in [-0.2, 0) is 0 Å². The molecule has 1 aromatic carbocycles. The number of nitrogens with zero attached hydrogens (tertiary/aromatic N) is 3. The summed E-state index contributed by atoms with van der Waals surface area (Å²) in [5.74, 6) is -0.00834. The fourth-order valence-corrected chi connectivity index (χ4v) is 1.22. The lowest BCUT2D eigenvalue weighted by Crippen LogP contribution is -1.83. The Balaban J connectivity index is 2.28. The Kier molecular flexibility index (Phi) is 2.63. The van der Waals surface area contributed by atoms with Crippen molar-refractivity contribution in [2.45, 2.75) is 6.92 Å². The van der Waals surface area contributed by atoms with Crippen LogP contribution in [0.15, 0.2) is 34.5 Å². The number of aryl methyl sites for hydroxylation is 1. The number of azo groups is 1. The lowest BCUT2D eigenvalue weighted by molar-refractivity contribution is 0.628. The minimum atomic E-state index is -0.353. The average molecular weight is 219 g/mol. The molecule has 3 N–H and O–H groups in total. The predicted molar refractivity (Wildman–Crippen MR) is 58.3 cm³/mol. The van der Waals surface area contributed by atoms with Gasteiger partial charge in [0.2, 0.25) is 0 Å². The second-order valence-corrected chi connectivity index (χ2v) is 3.25. The van der Waals surface area contributed by atoms with E-state index in [4.69, 9.17) is 5.73 Å². The number of nitrogens with two attached hydrogens (primary N) is 1. The predicted octanol–water partition coefficient (Wildman–Crippen LogP) is 2.85. The molecule has 6 heteroatoms. The van der Waals surface area contributed by atoms with Gasteiger partial charge in [0, 0.05) is 6.07 Å². The van der Waals surface area contributed by atoms with E-state index in [0.717, 1.165) is 0 Å². The molecular weight excluding hydrogens is 209 g/mol. The van der Waals surface area contributed by atoms with E-state index in [-0.39, 0.29) is 5.82 Å². The number of hydrogen-bond acceptors (Lipinski definition) is 4. The molecule has 1 heterocycles. The van der Waals surface area contributed by atoms with E-state index in [1.807, 2.05) is 0 Å². The lowest BCUT2D eigenvalue weighted by Gasteiger charge is -1.93. The number of rotatable bonds is 2. The first-order valence-electron chi connectivity index (χ1n) is 4.64. The van der Waals surface area contributed by atoms with Crippen molar-refractivity contribution >= 4 is 17.2 Å². The Hall–Kier alpha value is -2.24. The van der Waals surface area contributed by atoms with Crippen LogP contribution in [0.5, 0.6) is 0 Å². The Morgan fingerprint density at radius 2 is 2.19 bits per heavy atom. The van der Waals surface area contributed by atoms with Gasteiger partial charge in [-0.05, 0) is 19.1 Å². The van der Waals surface area contributed by atoms with Crippen molar-refractivity contribution in [1.82, 2.24) is 10.2 Å². The lowest BCUT2D eigenvalue weighted by atomic mass is 10.3. The summed E-state index contributed by atoms with van der Waals surface area (Å²) in [6, 6.07) is 5.85. The number of H-pyrrole nitrogens is 1. The molecule has 2 aromatic rings. The number of hydrogen-bond donors (Lipinski definition) is 2. The summed E-state index contributed by atoms with van der Waals surface area (Å²) in [6.07, 6.45) is 0. The fraction of sp³-hybridized carbons (Fsp3) is 0.100. The molecular formula is C10H10FN5. The standard InChI is InChI=1S/C10H10FN5/c1-6-9(10(12)16-13-6)15-14-8-4-2-3-7(11)5-8/h2-5H,1H3,(H3,12,13,16)/b15-14+. The van der Waals surface area contributed by atoms with Crippen molar-refractivity contribution in [1.29, 1.82) is 0 Å². The third-order valence-corrected chi connectivity index (χ3v) is 2.02. The third kappa shape index (κ3) is 2.05. The molecule has 0 saturated carbocycles. The molecule has 5 nitrogen and oxygen atoms in total. The highest BCUT2D eigenvalue weighted by Crippen LogP contribution is 2.25. The molecule has 0 aliphatic rings. The summed E-state index contributed by atoms with van der Waals surface area (Å²) >= 11 is 0. The van der Waals surface area contributed by atoms with Crippen LogP contribution in [0.1, 0.15) is 5.69 Å². The van der Waals surface area contributed by atoms with Crippen LogP contribution in [0.3, 0.4) is 0 Å². The van der Waals surface area contributed by atoms with E-state index >= 15 is 0 Å². The number of aromatic amines is 1. The van der Waals surface area contributed by atoms with E-state index in [1.165, 1.54) is 12.1 Å². The Morgan fingerprint density at radius 1 is 1.38 bits per heavy atom. The topological polar surface area (TPSA) is 79.4 Å². The molecule has 0 saturated heterocycles. The van der Waals surface area contributed by atoms with Crippen LogP contribution < -0.4 is 5.73 Å². The van der Waals surface area contributed by atoms with E-state index in [9.17, 15) is 4.39 Å². The highest BCUT2D eigenvalue weighted by atomic mass is 19.1. The monoisotopic (exact) mass is 219 g/mol. The van der Waals surface area contributed by atoms with Crippen LogP contribution in [0, 0.1) is 12.7 Å². The molecule has 0 atom stereocenters. The molecule has 1 aromatic heterocycles. The first-order chi connectivity index (χ1) is 7.66. The molecule has 0 bridgehead atoms. The molecule has 2 rings (SSSR count). The SMILES string of the molecule is Cc1n[nH]c(N)c1/N=N/c1cccc(F)c1. The van der Waals surface area contributed by atoms with Gasteiger partial charge in [0.15, 0.2) is 5.69 Å². The number of nitrogen functional groups attached to an aromatic ring is 1. The van der Waals surface area contributed by atoms with Gasteiger partial charge < -0.3 is 5.73 Å². The zero-order valence-electron chi connectivity index (χ0n) is 8.61. The van der Waals surface area contributed by atoms with Crippen LogP contribution in [0.25, 0.3) is 0 Å². The van der Waals surface area contributed by atoms with E-state index in [2.05, 4.69) is 20.4 Å². The van der Waals surface area contributed by atoms with Gasteiger partial charge in [0.1, 0.15) is 11.6 Å². The minimum absolute atomic E-state index is 0.345. The van der Waals surface area contributed by atoms with Crippen LogP contribution in [0.2, 0.25) is 0 Å². The number of benzene rings is 1. The maximum absolute atomic E-state index is 12.8. The van der Waals surface area contributed by atoms with Gasteiger partial charge >= 0.3 is 0 Å². The molecule has 0 unspecified atom stereocenters. The summed E-state index contributed by atoms with van der Waals surface area (Å²) in [5.41, 5.74) is 7.15. The Bertz CT molecular complexity index is 512. The normalized spacial score (nSPS) is 11.1. The van der Waals surface area contributed by atoms with E-state index in [1.54, 1.807) is 19.1 Å². The van der Waals surface area contributed by atoms with Crippen molar-refractivity contribution < 1.29 is 4.39 Å². The molecule has 0 aliphatic carbocycles. The van der Waals surface area contributed by atoms with Crippen LogP contribution >= 0.6 is 0 Å². The third-order valence-electron chi connectivity index (χ3n) is 2.02. The van der Waals surface area contributed by atoms with E-state index in [0.29, 0.717) is 22.9 Å². The average Bonchev–Trinajstić information content (AvgIpc) is 2.56. The van der Waals surface area contributed by atoms with Crippen molar-refractivity contribution in [3.63, 3.8) is 0 Å². The Labute approximate surface area is 91.2 Å². The highest BCUT2D eigenvalue weighted by Gasteiger charge is 2.05. The van der Waals surface area contributed by atoms with Crippen molar-refractivity contribution in [3.05, 3.63) is 35.8 Å². The fourth-order valence-electron chi connectivity index (χ4n) is 1.22. The molecule has 82 valence electrons. The second-order valence-electron chi connectivity index (χ2n) is 3.25. The van der Waals surface area contributed by atoms with Gasteiger partial charge in [0.05, 0.1) is 11.4 Å².